The Balaban J connectivity index is 3.38. The van der Waals surface area contributed by atoms with Gasteiger partial charge in [-0.25, -0.2) is 0 Å². The van der Waals surface area contributed by atoms with Crippen LogP contribution in [0.1, 0.15) is 227 Å². The van der Waals surface area contributed by atoms with Crippen LogP contribution in [0.25, 0.3) is 0 Å². The van der Waals surface area contributed by atoms with Crippen LogP contribution in [0.4, 0.5) is 0 Å². The number of aliphatic hydroxyl groups excluding tert-OH is 1. The number of rotatable bonds is 37. The molecule has 0 saturated carbocycles. The van der Waals surface area contributed by atoms with Crippen molar-refractivity contribution in [3.8, 4) is 0 Å². The zero-order chi connectivity index (χ0) is 34.6. The second-order valence-corrected chi connectivity index (χ2v) is 15.2. The van der Waals surface area contributed by atoms with Gasteiger partial charge in [-0.15, -0.1) is 0 Å². The molecule has 5 nitrogen and oxygen atoms in total. The highest BCUT2D eigenvalue weighted by atomic mass is 16.6. The number of unbranched alkanes of at least 4 members (excludes halogenated alkanes) is 24. The third-order valence-electron chi connectivity index (χ3n) is 9.81. The van der Waals surface area contributed by atoms with E-state index in [1.54, 1.807) is 0 Å². The first-order chi connectivity index (χ1) is 22.8. The van der Waals surface area contributed by atoms with Gasteiger partial charge >= 0.3 is 11.9 Å². The lowest BCUT2D eigenvalue weighted by Crippen LogP contribution is -2.25. The minimum absolute atomic E-state index is 0.109. The van der Waals surface area contributed by atoms with Gasteiger partial charge in [0.1, 0.15) is 19.3 Å². The molecule has 1 N–H and O–H groups in total. The van der Waals surface area contributed by atoms with Crippen molar-refractivity contribution in [3.63, 3.8) is 0 Å². The van der Waals surface area contributed by atoms with Crippen molar-refractivity contribution < 1.29 is 24.2 Å². The molecule has 0 aliphatic heterocycles. The summed E-state index contributed by atoms with van der Waals surface area (Å²) in [5.41, 5.74) is 0. The van der Waals surface area contributed by atoms with E-state index in [0.29, 0.717) is 12.8 Å². The summed E-state index contributed by atoms with van der Waals surface area (Å²) in [5.74, 6) is 1.19. The molecular weight excluding hydrogens is 584 g/mol. The predicted octanol–water partition coefficient (Wildman–Crippen LogP) is 12.8. The molecule has 0 saturated heterocycles. The minimum atomic E-state index is -0.956. The number of hydrogen-bond acceptors (Lipinski definition) is 5. The third kappa shape index (κ3) is 37.6. The molecule has 1 unspecified atom stereocenters. The summed E-state index contributed by atoms with van der Waals surface area (Å²) in [6.07, 6.45) is 37.2. The largest absolute Gasteiger partial charge is 0.463 e. The van der Waals surface area contributed by atoms with E-state index in [2.05, 4.69) is 27.7 Å². The van der Waals surface area contributed by atoms with E-state index in [0.717, 1.165) is 37.5 Å². The Hall–Kier alpha value is -1.10. The van der Waals surface area contributed by atoms with Crippen molar-refractivity contribution >= 4 is 11.9 Å². The van der Waals surface area contributed by atoms with Crippen molar-refractivity contribution in [2.24, 2.45) is 11.8 Å². The van der Waals surface area contributed by atoms with Gasteiger partial charge in [0.2, 0.25) is 0 Å². The molecule has 2 atom stereocenters. The number of aliphatic hydroxyl groups is 1. The van der Waals surface area contributed by atoms with E-state index >= 15 is 0 Å². The molecule has 5 heteroatoms. The lowest BCUT2D eigenvalue weighted by Gasteiger charge is -2.12. The van der Waals surface area contributed by atoms with Crippen molar-refractivity contribution in [2.45, 2.75) is 233 Å². The molecule has 0 fully saturated rings. The van der Waals surface area contributed by atoms with Crippen LogP contribution < -0.4 is 0 Å². The average Bonchev–Trinajstić information content (AvgIpc) is 3.05. The summed E-state index contributed by atoms with van der Waals surface area (Å²) in [4.78, 5) is 24.0. The van der Waals surface area contributed by atoms with E-state index in [9.17, 15) is 14.7 Å². The summed E-state index contributed by atoms with van der Waals surface area (Å²) < 4.78 is 10.4. The normalized spacial score (nSPS) is 12.8. The lowest BCUT2D eigenvalue weighted by molar-refractivity contribution is -0.152. The second-order valence-electron chi connectivity index (χ2n) is 15.2. The van der Waals surface area contributed by atoms with E-state index < -0.39 is 6.10 Å². The third-order valence-corrected chi connectivity index (χ3v) is 9.81. The van der Waals surface area contributed by atoms with Crippen LogP contribution >= 0.6 is 0 Å². The van der Waals surface area contributed by atoms with E-state index in [1.807, 2.05) is 0 Å². The van der Waals surface area contributed by atoms with Crippen LogP contribution in [0.15, 0.2) is 0 Å². The molecule has 47 heavy (non-hydrogen) atoms. The highest BCUT2D eigenvalue weighted by Crippen LogP contribution is 2.17. The summed E-state index contributed by atoms with van der Waals surface area (Å²) >= 11 is 0. The van der Waals surface area contributed by atoms with Gasteiger partial charge in [0, 0.05) is 12.8 Å². The van der Waals surface area contributed by atoms with E-state index in [-0.39, 0.29) is 25.2 Å². The Labute approximate surface area is 293 Å². The van der Waals surface area contributed by atoms with Crippen LogP contribution in [0.2, 0.25) is 0 Å². The van der Waals surface area contributed by atoms with Crippen LogP contribution in [0.5, 0.6) is 0 Å². The molecule has 0 aromatic rings. The van der Waals surface area contributed by atoms with Crippen LogP contribution in [0, 0.1) is 11.8 Å². The molecule has 0 amide bonds. The molecule has 0 radical (unpaired) electrons. The standard InChI is InChI=1S/C42H82O5/c1-5-39(4)33-29-25-21-17-13-8-6-7-9-14-18-22-26-30-34-41(44)46-36-40(43)37-47-42(45)35-31-27-23-19-15-11-10-12-16-20-24-28-32-38(2)3/h38-40,43H,5-37H2,1-4H3/t39?,40-/m0/s1. The minimum Gasteiger partial charge on any atom is -0.463 e. The molecule has 0 aliphatic rings. The van der Waals surface area contributed by atoms with Crippen molar-refractivity contribution in [2.75, 3.05) is 13.2 Å². The van der Waals surface area contributed by atoms with Crippen LogP contribution in [-0.2, 0) is 19.1 Å². The summed E-state index contributed by atoms with van der Waals surface area (Å²) in [7, 11) is 0. The van der Waals surface area contributed by atoms with Crippen LogP contribution in [0.3, 0.4) is 0 Å². The van der Waals surface area contributed by atoms with Gasteiger partial charge in [-0.1, -0.05) is 201 Å². The monoisotopic (exact) mass is 667 g/mol. The summed E-state index contributed by atoms with van der Waals surface area (Å²) in [6.45, 7) is 9.07. The first-order valence-corrected chi connectivity index (χ1v) is 20.8. The quantitative estimate of drug-likeness (QED) is 0.0527. The Morgan fingerprint density at radius 3 is 1.02 bits per heavy atom. The molecule has 0 heterocycles. The summed E-state index contributed by atoms with van der Waals surface area (Å²) in [5, 5.41) is 10.0. The Bertz CT molecular complexity index is 663. The SMILES string of the molecule is CCC(C)CCCCCCCCCCCCCCCCC(=O)OC[C@H](O)COC(=O)CCCCCCCCCCCCCCC(C)C. The fourth-order valence-electron chi connectivity index (χ4n) is 6.25. The maximum Gasteiger partial charge on any atom is 0.305 e. The molecule has 0 bridgehead atoms. The maximum absolute atomic E-state index is 12.0. The molecule has 0 aromatic carbocycles. The molecule has 0 rings (SSSR count). The fourth-order valence-corrected chi connectivity index (χ4v) is 6.25. The molecule has 0 aromatic heterocycles. The lowest BCUT2D eigenvalue weighted by atomic mass is 9.99. The number of hydrogen-bond donors (Lipinski definition) is 1. The van der Waals surface area contributed by atoms with E-state index in [1.165, 1.54) is 161 Å². The smallest absolute Gasteiger partial charge is 0.305 e. The van der Waals surface area contributed by atoms with Gasteiger partial charge < -0.3 is 14.6 Å². The van der Waals surface area contributed by atoms with Gasteiger partial charge in [0.05, 0.1) is 0 Å². The number of esters is 2. The van der Waals surface area contributed by atoms with Gasteiger partial charge in [0.25, 0.3) is 0 Å². The van der Waals surface area contributed by atoms with Gasteiger partial charge in [-0.2, -0.15) is 0 Å². The average molecular weight is 667 g/mol. The highest BCUT2D eigenvalue weighted by molar-refractivity contribution is 5.69. The second kappa shape index (κ2) is 36.2. The fraction of sp³-hybridized carbons (Fsp3) is 0.952. The van der Waals surface area contributed by atoms with Crippen molar-refractivity contribution in [3.05, 3.63) is 0 Å². The predicted molar refractivity (Wildman–Crippen MR) is 201 cm³/mol. The zero-order valence-electron chi connectivity index (χ0n) is 32.1. The molecule has 280 valence electrons. The number of carbonyl (C=O) groups is 2. The van der Waals surface area contributed by atoms with Gasteiger partial charge in [-0.05, 0) is 24.7 Å². The van der Waals surface area contributed by atoms with Crippen molar-refractivity contribution in [1.82, 2.24) is 0 Å². The Morgan fingerprint density at radius 1 is 0.447 bits per heavy atom. The first kappa shape index (κ1) is 45.9. The Morgan fingerprint density at radius 2 is 0.723 bits per heavy atom. The number of carbonyl (C=O) groups excluding carboxylic acids is 2. The van der Waals surface area contributed by atoms with Crippen LogP contribution in [-0.4, -0.2) is 36.4 Å². The van der Waals surface area contributed by atoms with Crippen molar-refractivity contribution in [1.29, 1.82) is 0 Å². The van der Waals surface area contributed by atoms with Gasteiger partial charge in [-0.3, -0.25) is 9.59 Å². The van der Waals surface area contributed by atoms with Gasteiger partial charge in [0.15, 0.2) is 0 Å². The molecular formula is C42H82O5. The maximum atomic E-state index is 12.0. The summed E-state index contributed by atoms with van der Waals surface area (Å²) in [6, 6.07) is 0. The molecule has 0 spiro atoms. The zero-order valence-corrected chi connectivity index (χ0v) is 32.1. The molecule has 0 aliphatic carbocycles. The topological polar surface area (TPSA) is 72.8 Å². The first-order valence-electron chi connectivity index (χ1n) is 20.8. The Kier molecular flexibility index (Phi) is 35.3. The van der Waals surface area contributed by atoms with E-state index in [4.69, 9.17) is 9.47 Å². The number of ether oxygens (including phenoxy) is 2. The highest BCUT2D eigenvalue weighted by Gasteiger charge is 2.12.